The van der Waals surface area contributed by atoms with E-state index in [2.05, 4.69) is 5.32 Å². The highest BCUT2D eigenvalue weighted by Gasteiger charge is 2.34. The van der Waals surface area contributed by atoms with E-state index in [1.165, 1.54) is 6.26 Å². The maximum absolute atomic E-state index is 11.8. The van der Waals surface area contributed by atoms with E-state index in [-0.39, 0.29) is 11.3 Å². The van der Waals surface area contributed by atoms with Crippen LogP contribution in [0.2, 0.25) is 0 Å². The van der Waals surface area contributed by atoms with Gasteiger partial charge in [-0.15, -0.1) is 0 Å². The molecule has 2 atom stereocenters. The van der Waals surface area contributed by atoms with E-state index in [0.717, 1.165) is 30.7 Å². The third-order valence-corrected chi connectivity index (χ3v) is 5.41. The average Bonchev–Trinajstić information content (AvgIpc) is 2.88. The molecule has 0 heterocycles. The van der Waals surface area contributed by atoms with Gasteiger partial charge in [0.25, 0.3) is 0 Å². The van der Waals surface area contributed by atoms with Crippen LogP contribution >= 0.6 is 0 Å². The Bertz CT molecular complexity index is 559. The van der Waals surface area contributed by atoms with Gasteiger partial charge in [0, 0.05) is 31.2 Å². The van der Waals surface area contributed by atoms with Gasteiger partial charge < -0.3 is 14.8 Å². The van der Waals surface area contributed by atoms with Gasteiger partial charge in [0.2, 0.25) is 0 Å². The largest absolute Gasteiger partial charge is 0.491 e. The maximum Gasteiger partial charge on any atom is 0.152 e. The summed E-state index contributed by atoms with van der Waals surface area (Å²) in [5.41, 5.74) is 0.894. The molecule has 1 aromatic rings. The van der Waals surface area contributed by atoms with Crippen LogP contribution < -0.4 is 10.1 Å². The molecule has 118 valence electrons. The van der Waals surface area contributed by atoms with Crippen LogP contribution in [0.4, 0.5) is 5.69 Å². The van der Waals surface area contributed by atoms with Gasteiger partial charge in [-0.05, 0) is 31.4 Å². The molecular formula is C15H23NO4S. The van der Waals surface area contributed by atoms with E-state index in [9.17, 15) is 8.42 Å². The number of hydrogen-bond acceptors (Lipinski definition) is 5. The minimum absolute atomic E-state index is 0.0192. The Kier molecular flexibility index (Phi) is 5.47. The fraction of sp³-hybridized carbons (Fsp3) is 0.600. The Morgan fingerprint density at radius 2 is 2.10 bits per heavy atom. The summed E-state index contributed by atoms with van der Waals surface area (Å²) in [4.78, 5) is 0. The second-order valence-electron chi connectivity index (χ2n) is 5.42. The second kappa shape index (κ2) is 7.13. The van der Waals surface area contributed by atoms with Crippen LogP contribution in [0.5, 0.6) is 5.75 Å². The number of benzene rings is 1. The third-order valence-electron chi connectivity index (χ3n) is 3.74. The van der Waals surface area contributed by atoms with Gasteiger partial charge in [-0.25, -0.2) is 8.42 Å². The lowest BCUT2D eigenvalue weighted by atomic mass is 10.2. The minimum Gasteiger partial charge on any atom is -0.491 e. The number of nitrogens with one attached hydrogen (secondary N) is 1. The summed E-state index contributed by atoms with van der Waals surface area (Å²) < 4.78 is 34.1. The Balaban J connectivity index is 2.00. The number of methoxy groups -OCH3 is 1. The van der Waals surface area contributed by atoms with Crippen LogP contribution in [0, 0.1) is 0 Å². The molecule has 6 heteroatoms. The standard InChI is InChI=1S/C15H23NO4S/c1-19-9-10-20-13-6-3-5-12(11-13)16-14-7-4-8-15(14)21(2,17)18/h3,5-6,11,14-16H,4,7-10H2,1-2H3. The third kappa shape index (κ3) is 4.61. The van der Waals surface area contributed by atoms with Crippen molar-refractivity contribution in [2.24, 2.45) is 0 Å². The molecule has 1 aliphatic rings. The summed E-state index contributed by atoms with van der Waals surface area (Å²) in [5, 5.41) is 3.04. The molecule has 0 saturated heterocycles. The van der Waals surface area contributed by atoms with Crippen LogP contribution in [0.1, 0.15) is 19.3 Å². The molecule has 2 unspecified atom stereocenters. The van der Waals surface area contributed by atoms with Crippen molar-refractivity contribution in [3.05, 3.63) is 24.3 Å². The van der Waals surface area contributed by atoms with E-state index >= 15 is 0 Å². The van der Waals surface area contributed by atoms with E-state index < -0.39 is 9.84 Å². The SMILES string of the molecule is COCCOc1cccc(NC2CCCC2S(C)(=O)=O)c1. The molecule has 0 radical (unpaired) electrons. The van der Waals surface area contributed by atoms with Gasteiger partial charge in [0.05, 0.1) is 11.9 Å². The summed E-state index contributed by atoms with van der Waals surface area (Å²) in [6.07, 6.45) is 3.88. The first kappa shape index (κ1) is 16.1. The zero-order valence-corrected chi connectivity index (χ0v) is 13.4. The Hall–Kier alpha value is -1.27. The molecule has 0 amide bonds. The zero-order chi connectivity index (χ0) is 15.3. The molecule has 1 aliphatic carbocycles. The number of ether oxygens (including phenoxy) is 2. The Morgan fingerprint density at radius 1 is 1.29 bits per heavy atom. The number of anilines is 1. The van der Waals surface area contributed by atoms with Gasteiger partial charge in [-0.1, -0.05) is 6.07 Å². The predicted molar refractivity (Wildman–Crippen MR) is 83.7 cm³/mol. The molecular weight excluding hydrogens is 290 g/mol. The fourth-order valence-electron chi connectivity index (χ4n) is 2.74. The Morgan fingerprint density at radius 3 is 2.81 bits per heavy atom. The van der Waals surface area contributed by atoms with Crippen molar-refractivity contribution < 1.29 is 17.9 Å². The molecule has 2 rings (SSSR count). The summed E-state index contributed by atoms with van der Waals surface area (Å²) in [7, 11) is -1.38. The predicted octanol–water partition coefficient (Wildman–Crippen LogP) is 2.09. The molecule has 0 spiro atoms. The first-order chi connectivity index (χ1) is 10.0. The van der Waals surface area contributed by atoms with Crippen molar-refractivity contribution in [2.45, 2.75) is 30.6 Å². The number of sulfone groups is 1. The van der Waals surface area contributed by atoms with Crippen LogP contribution in [0.15, 0.2) is 24.3 Å². The molecule has 21 heavy (non-hydrogen) atoms. The minimum atomic E-state index is -3.01. The molecule has 1 N–H and O–H groups in total. The topological polar surface area (TPSA) is 64.6 Å². The molecule has 1 aromatic carbocycles. The normalized spacial score (nSPS) is 22.2. The highest BCUT2D eigenvalue weighted by molar-refractivity contribution is 7.91. The molecule has 5 nitrogen and oxygen atoms in total. The maximum atomic E-state index is 11.8. The second-order valence-corrected chi connectivity index (χ2v) is 7.68. The van der Waals surface area contributed by atoms with E-state index in [1.807, 2.05) is 24.3 Å². The van der Waals surface area contributed by atoms with Gasteiger partial charge >= 0.3 is 0 Å². The number of rotatable bonds is 7. The van der Waals surface area contributed by atoms with Crippen LogP contribution in [-0.4, -0.2) is 46.3 Å². The van der Waals surface area contributed by atoms with E-state index in [0.29, 0.717) is 13.2 Å². The smallest absolute Gasteiger partial charge is 0.152 e. The first-order valence-corrected chi connectivity index (χ1v) is 9.13. The Labute approximate surface area is 126 Å². The van der Waals surface area contributed by atoms with Crippen molar-refractivity contribution in [1.82, 2.24) is 0 Å². The summed E-state index contributed by atoms with van der Waals surface area (Å²) in [5.74, 6) is 0.756. The molecule has 1 saturated carbocycles. The van der Waals surface area contributed by atoms with Crippen LogP contribution in [-0.2, 0) is 14.6 Å². The fourth-order valence-corrected chi connectivity index (χ4v) is 4.13. The highest BCUT2D eigenvalue weighted by atomic mass is 32.2. The summed E-state index contributed by atoms with van der Waals surface area (Å²) in [6, 6.07) is 7.58. The van der Waals surface area contributed by atoms with Gasteiger partial charge in [0.15, 0.2) is 9.84 Å². The summed E-state index contributed by atoms with van der Waals surface area (Å²) in [6.45, 7) is 1.03. The van der Waals surface area contributed by atoms with E-state index in [4.69, 9.17) is 9.47 Å². The van der Waals surface area contributed by atoms with E-state index in [1.54, 1.807) is 7.11 Å². The highest BCUT2D eigenvalue weighted by Crippen LogP contribution is 2.29. The lowest BCUT2D eigenvalue weighted by molar-refractivity contribution is 0.146. The first-order valence-electron chi connectivity index (χ1n) is 7.18. The average molecular weight is 313 g/mol. The van der Waals surface area contributed by atoms with Gasteiger partial charge in [-0.2, -0.15) is 0 Å². The monoisotopic (exact) mass is 313 g/mol. The molecule has 1 fully saturated rings. The molecule has 0 aliphatic heterocycles. The van der Waals surface area contributed by atoms with Crippen LogP contribution in [0.25, 0.3) is 0 Å². The number of hydrogen-bond donors (Lipinski definition) is 1. The molecule has 0 aromatic heterocycles. The van der Waals surface area contributed by atoms with Crippen molar-refractivity contribution in [1.29, 1.82) is 0 Å². The van der Waals surface area contributed by atoms with Crippen molar-refractivity contribution >= 4 is 15.5 Å². The van der Waals surface area contributed by atoms with Crippen molar-refractivity contribution in [2.75, 3.05) is 31.9 Å². The lowest BCUT2D eigenvalue weighted by Crippen LogP contribution is -2.34. The quantitative estimate of drug-likeness (QED) is 0.781. The summed E-state index contributed by atoms with van der Waals surface area (Å²) >= 11 is 0. The zero-order valence-electron chi connectivity index (χ0n) is 12.5. The van der Waals surface area contributed by atoms with Crippen LogP contribution in [0.3, 0.4) is 0 Å². The van der Waals surface area contributed by atoms with Gasteiger partial charge in [0.1, 0.15) is 12.4 Å². The van der Waals surface area contributed by atoms with Gasteiger partial charge in [-0.3, -0.25) is 0 Å². The van der Waals surface area contributed by atoms with Crippen molar-refractivity contribution in [3.8, 4) is 5.75 Å². The van der Waals surface area contributed by atoms with Crippen molar-refractivity contribution in [3.63, 3.8) is 0 Å². The lowest BCUT2D eigenvalue weighted by Gasteiger charge is -2.21. The molecule has 0 bridgehead atoms.